The van der Waals surface area contributed by atoms with E-state index in [9.17, 15) is 4.79 Å². The van der Waals surface area contributed by atoms with E-state index in [-0.39, 0.29) is 5.91 Å². The first kappa shape index (κ1) is 18.2. The standard InChI is InChI=1S/C19H27ClN4O/c1-3-4-7-23-8-5-15(6-9-23)11-21-19(25)17-10-16(20)13-24-12-14(2)22-18(17)24/h10,12-13,15H,3-9,11H2,1-2H3,(H,21,25). The van der Waals surface area contributed by atoms with Crippen molar-refractivity contribution in [3.8, 4) is 0 Å². The van der Waals surface area contributed by atoms with Crippen LogP contribution in [0, 0.1) is 12.8 Å². The highest BCUT2D eigenvalue weighted by molar-refractivity contribution is 6.31. The molecule has 5 nitrogen and oxygen atoms in total. The number of pyridine rings is 1. The Morgan fingerprint density at radius 1 is 1.36 bits per heavy atom. The zero-order valence-corrected chi connectivity index (χ0v) is 15.9. The molecule has 0 saturated carbocycles. The van der Waals surface area contributed by atoms with Crippen LogP contribution in [0.25, 0.3) is 5.65 Å². The first-order valence-corrected chi connectivity index (χ1v) is 9.60. The highest BCUT2D eigenvalue weighted by Gasteiger charge is 2.20. The van der Waals surface area contributed by atoms with Crippen molar-refractivity contribution in [2.45, 2.75) is 39.5 Å². The van der Waals surface area contributed by atoms with Crippen LogP contribution < -0.4 is 5.32 Å². The topological polar surface area (TPSA) is 49.6 Å². The van der Waals surface area contributed by atoms with E-state index in [1.807, 2.05) is 17.5 Å². The average Bonchev–Trinajstić information content (AvgIpc) is 2.97. The lowest BCUT2D eigenvalue weighted by Crippen LogP contribution is -2.39. The second-order valence-corrected chi connectivity index (χ2v) is 7.47. The summed E-state index contributed by atoms with van der Waals surface area (Å²) in [7, 11) is 0. The molecular formula is C19H27ClN4O. The second-order valence-electron chi connectivity index (χ2n) is 7.03. The van der Waals surface area contributed by atoms with Gasteiger partial charge in [0.25, 0.3) is 5.91 Å². The second kappa shape index (κ2) is 8.19. The van der Waals surface area contributed by atoms with Crippen molar-refractivity contribution in [3.63, 3.8) is 0 Å². The number of amides is 1. The minimum absolute atomic E-state index is 0.0912. The van der Waals surface area contributed by atoms with E-state index in [0.717, 1.165) is 38.2 Å². The first-order valence-electron chi connectivity index (χ1n) is 9.22. The Morgan fingerprint density at radius 2 is 2.12 bits per heavy atom. The van der Waals surface area contributed by atoms with Crippen molar-refractivity contribution in [3.05, 3.63) is 34.7 Å². The Labute approximate surface area is 154 Å². The molecule has 2 aromatic rings. The summed E-state index contributed by atoms with van der Waals surface area (Å²) in [6.07, 6.45) is 8.48. The highest BCUT2D eigenvalue weighted by Crippen LogP contribution is 2.19. The van der Waals surface area contributed by atoms with Crippen molar-refractivity contribution in [2.24, 2.45) is 5.92 Å². The molecule has 0 bridgehead atoms. The van der Waals surface area contributed by atoms with Gasteiger partial charge in [-0.25, -0.2) is 4.98 Å². The van der Waals surface area contributed by atoms with E-state index in [1.54, 1.807) is 12.3 Å². The molecule has 0 aliphatic carbocycles. The maximum Gasteiger partial charge on any atom is 0.255 e. The van der Waals surface area contributed by atoms with Crippen LogP contribution in [0.1, 0.15) is 48.7 Å². The van der Waals surface area contributed by atoms with Gasteiger partial charge in [0.2, 0.25) is 0 Å². The number of carbonyl (C=O) groups is 1. The summed E-state index contributed by atoms with van der Waals surface area (Å²) in [4.78, 5) is 19.6. The lowest BCUT2D eigenvalue weighted by molar-refractivity contribution is 0.0937. The predicted molar refractivity (Wildman–Crippen MR) is 101 cm³/mol. The number of carbonyl (C=O) groups excluding carboxylic acids is 1. The molecule has 2 aromatic heterocycles. The number of rotatable bonds is 6. The average molecular weight is 363 g/mol. The fourth-order valence-corrected chi connectivity index (χ4v) is 3.70. The largest absolute Gasteiger partial charge is 0.352 e. The molecule has 1 aliphatic rings. The first-order chi connectivity index (χ1) is 12.1. The number of aryl methyl sites for hydroxylation is 1. The Morgan fingerprint density at radius 3 is 2.84 bits per heavy atom. The molecule has 25 heavy (non-hydrogen) atoms. The molecule has 1 amide bonds. The molecule has 0 atom stereocenters. The van der Waals surface area contributed by atoms with Gasteiger partial charge in [0.15, 0.2) is 0 Å². The van der Waals surface area contributed by atoms with Crippen molar-refractivity contribution < 1.29 is 4.79 Å². The minimum Gasteiger partial charge on any atom is -0.352 e. The van der Waals surface area contributed by atoms with Gasteiger partial charge in [-0.05, 0) is 57.8 Å². The van der Waals surface area contributed by atoms with Gasteiger partial charge < -0.3 is 14.6 Å². The molecule has 0 radical (unpaired) electrons. The van der Waals surface area contributed by atoms with E-state index in [4.69, 9.17) is 11.6 Å². The highest BCUT2D eigenvalue weighted by atomic mass is 35.5. The Balaban J connectivity index is 1.57. The summed E-state index contributed by atoms with van der Waals surface area (Å²) in [5.41, 5.74) is 2.07. The summed E-state index contributed by atoms with van der Waals surface area (Å²) in [5.74, 6) is 0.463. The van der Waals surface area contributed by atoms with E-state index in [2.05, 4.69) is 22.1 Å². The number of piperidine rings is 1. The molecule has 0 spiro atoms. The quantitative estimate of drug-likeness (QED) is 0.855. The molecule has 1 N–H and O–H groups in total. The summed E-state index contributed by atoms with van der Waals surface area (Å²) in [6, 6.07) is 1.70. The third-order valence-electron chi connectivity index (χ3n) is 4.97. The number of nitrogens with zero attached hydrogens (tertiary/aromatic N) is 3. The lowest BCUT2D eigenvalue weighted by Gasteiger charge is -2.31. The number of halogens is 1. The maximum atomic E-state index is 12.6. The van der Waals surface area contributed by atoms with Crippen molar-refractivity contribution >= 4 is 23.2 Å². The number of unbranched alkanes of at least 4 members (excludes halogenated alkanes) is 1. The summed E-state index contributed by atoms with van der Waals surface area (Å²) < 4.78 is 1.82. The smallest absolute Gasteiger partial charge is 0.255 e. The fraction of sp³-hybridized carbons (Fsp3) is 0.579. The zero-order valence-electron chi connectivity index (χ0n) is 15.1. The number of imidazole rings is 1. The van der Waals surface area contributed by atoms with Crippen LogP contribution in [0.15, 0.2) is 18.5 Å². The Kier molecular flexibility index (Phi) is 5.97. The van der Waals surface area contributed by atoms with E-state index in [0.29, 0.717) is 22.2 Å². The maximum absolute atomic E-state index is 12.6. The van der Waals surface area contributed by atoms with Gasteiger partial charge in [0.1, 0.15) is 5.65 Å². The molecule has 136 valence electrons. The molecule has 0 aromatic carbocycles. The van der Waals surface area contributed by atoms with E-state index in [1.165, 1.54) is 19.4 Å². The van der Waals surface area contributed by atoms with Gasteiger partial charge in [-0.1, -0.05) is 24.9 Å². The van der Waals surface area contributed by atoms with Crippen LogP contribution in [-0.4, -0.2) is 46.4 Å². The van der Waals surface area contributed by atoms with Crippen molar-refractivity contribution in [1.82, 2.24) is 19.6 Å². The van der Waals surface area contributed by atoms with Crippen LogP contribution in [0.4, 0.5) is 0 Å². The Hall–Kier alpha value is -1.59. The lowest BCUT2D eigenvalue weighted by atomic mass is 9.96. The van der Waals surface area contributed by atoms with E-state index < -0.39 is 0 Å². The summed E-state index contributed by atoms with van der Waals surface area (Å²) in [5, 5.41) is 3.63. The van der Waals surface area contributed by atoms with Gasteiger partial charge in [-0.3, -0.25) is 4.79 Å². The number of hydrogen-bond donors (Lipinski definition) is 1. The molecule has 1 aliphatic heterocycles. The molecule has 1 saturated heterocycles. The van der Waals surface area contributed by atoms with Crippen molar-refractivity contribution in [1.29, 1.82) is 0 Å². The van der Waals surface area contributed by atoms with Gasteiger partial charge in [0, 0.05) is 18.9 Å². The van der Waals surface area contributed by atoms with Crippen LogP contribution >= 0.6 is 11.6 Å². The van der Waals surface area contributed by atoms with Gasteiger partial charge in [0.05, 0.1) is 16.3 Å². The third kappa shape index (κ3) is 4.53. The SMILES string of the molecule is CCCCN1CCC(CNC(=O)c2cc(Cl)cn3cc(C)nc23)CC1. The number of nitrogens with one attached hydrogen (secondary N) is 1. The van der Waals surface area contributed by atoms with Gasteiger partial charge >= 0.3 is 0 Å². The number of hydrogen-bond acceptors (Lipinski definition) is 3. The summed E-state index contributed by atoms with van der Waals surface area (Å²) >= 11 is 6.15. The molecule has 1 fully saturated rings. The molecule has 6 heteroatoms. The normalized spacial score (nSPS) is 16.4. The number of likely N-dealkylation sites (tertiary alicyclic amines) is 1. The Bertz CT molecular complexity index is 734. The van der Waals surface area contributed by atoms with Crippen molar-refractivity contribution in [2.75, 3.05) is 26.2 Å². The van der Waals surface area contributed by atoms with Gasteiger partial charge in [-0.2, -0.15) is 0 Å². The van der Waals surface area contributed by atoms with Crippen LogP contribution in [0.2, 0.25) is 5.02 Å². The van der Waals surface area contributed by atoms with E-state index >= 15 is 0 Å². The van der Waals surface area contributed by atoms with Crippen LogP contribution in [0.3, 0.4) is 0 Å². The minimum atomic E-state index is -0.0912. The monoisotopic (exact) mass is 362 g/mol. The zero-order chi connectivity index (χ0) is 17.8. The molecule has 0 unspecified atom stereocenters. The third-order valence-corrected chi connectivity index (χ3v) is 5.18. The van der Waals surface area contributed by atoms with Crippen LogP contribution in [-0.2, 0) is 0 Å². The molecule has 3 rings (SSSR count). The number of fused-ring (bicyclic) bond motifs is 1. The fourth-order valence-electron chi connectivity index (χ4n) is 3.48. The van der Waals surface area contributed by atoms with Gasteiger partial charge in [-0.15, -0.1) is 0 Å². The van der Waals surface area contributed by atoms with Crippen LogP contribution in [0.5, 0.6) is 0 Å². The molecule has 3 heterocycles. The predicted octanol–water partition coefficient (Wildman–Crippen LogP) is 3.54. The summed E-state index contributed by atoms with van der Waals surface area (Å²) in [6.45, 7) is 8.35. The molecular weight excluding hydrogens is 336 g/mol. The number of aromatic nitrogens is 2.